The van der Waals surface area contributed by atoms with Crippen molar-refractivity contribution in [1.82, 2.24) is 10.2 Å². The Hall–Kier alpha value is -1.06. The number of rotatable bonds is 5. The number of ether oxygens (including phenoxy) is 1. The maximum absolute atomic E-state index is 5.20. The molecule has 1 aliphatic rings. The van der Waals surface area contributed by atoms with E-state index in [1.807, 2.05) is 0 Å². The fourth-order valence-electron chi connectivity index (χ4n) is 3.23. The first-order valence-corrected chi connectivity index (χ1v) is 7.70. The summed E-state index contributed by atoms with van der Waals surface area (Å²) in [6.07, 6.45) is 2.37. The van der Waals surface area contributed by atoms with Gasteiger partial charge in [-0.1, -0.05) is 19.1 Å². The average molecular weight is 276 g/mol. The van der Waals surface area contributed by atoms with E-state index in [1.54, 1.807) is 7.11 Å². The van der Waals surface area contributed by atoms with Crippen molar-refractivity contribution in [3.63, 3.8) is 0 Å². The maximum atomic E-state index is 5.20. The summed E-state index contributed by atoms with van der Waals surface area (Å²) in [6, 6.07) is 9.77. The number of likely N-dealkylation sites (tertiary alicyclic amines) is 1. The van der Waals surface area contributed by atoms with E-state index < -0.39 is 0 Å². The van der Waals surface area contributed by atoms with E-state index in [0.29, 0.717) is 18.0 Å². The van der Waals surface area contributed by atoms with Crippen molar-refractivity contribution in [2.75, 3.05) is 27.2 Å². The third-order valence-electron chi connectivity index (χ3n) is 4.92. The van der Waals surface area contributed by atoms with Crippen molar-refractivity contribution >= 4 is 0 Å². The highest BCUT2D eigenvalue weighted by atomic mass is 16.5. The van der Waals surface area contributed by atoms with Crippen molar-refractivity contribution < 1.29 is 4.74 Å². The Balaban J connectivity index is 1.87. The second-order valence-electron chi connectivity index (χ2n) is 5.92. The van der Waals surface area contributed by atoms with E-state index in [1.165, 1.54) is 18.5 Å². The molecule has 112 valence electrons. The van der Waals surface area contributed by atoms with Crippen LogP contribution in [0.3, 0.4) is 0 Å². The zero-order valence-electron chi connectivity index (χ0n) is 13.2. The molecule has 0 aromatic heterocycles. The molecule has 20 heavy (non-hydrogen) atoms. The molecule has 2 rings (SSSR count). The predicted molar refractivity (Wildman–Crippen MR) is 84.4 cm³/mol. The zero-order chi connectivity index (χ0) is 14.5. The summed E-state index contributed by atoms with van der Waals surface area (Å²) >= 11 is 0. The van der Waals surface area contributed by atoms with Crippen LogP contribution >= 0.6 is 0 Å². The van der Waals surface area contributed by atoms with Crippen LogP contribution in [-0.2, 0) is 6.42 Å². The number of methoxy groups -OCH3 is 1. The van der Waals surface area contributed by atoms with E-state index in [4.69, 9.17) is 4.74 Å². The van der Waals surface area contributed by atoms with Gasteiger partial charge in [0.05, 0.1) is 7.11 Å². The fourth-order valence-corrected chi connectivity index (χ4v) is 3.23. The van der Waals surface area contributed by atoms with E-state index in [-0.39, 0.29) is 0 Å². The van der Waals surface area contributed by atoms with Crippen molar-refractivity contribution in [2.45, 2.75) is 38.8 Å². The van der Waals surface area contributed by atoms with Gasteiger partial charge in [-0.25, -0.2) is 0 Å². The summed E-state index contributed by atoms with van der Waals surface area (Å²) in [5, 5.41) is 3.45. The summed E-state index contributed by atoms with van der Waals surface area (Å²) in [5.41, 5.74) is 1.39. The zero-order valence-corrected chi connectivity index (χ0v) is 13.2. The number of benzene rings is 1. The summed E-state index contributed by atoms with van der Waals surface area (Å²) in [5.74, 6) is 1.65. The van der Waals surface area contributed by atoms with Crippen LogP contribution in [-0.4, -0.2) is 44.2 Å². The molecular formula is C17H28N2O. The number of hydrogen-bond acceptors (Lipinski definition) is 3. The molecule has 1 heterocycles. The first-order chi connectivity index (χ1) is 9.65. The van der Waals surface area contributed by atoms with Crippen LogP contribution in [0.1, 0.15) is 25.8 Å². The van der Waals surface area contributed by atoms with E-state index >= 15 is 0 Å². The number of nitrogens with zero attached hydrogens (tertiary/aromatic N) is 1. The molecule has 1 aromatic carbocycles. The SMILES string of the molecule is CNC1CCN(CCc2ccc(OC)cc2)C(C)C1C. The van der Waals surface area contributed by atoms with Gasteiger partial charge in [-0.05, 0) is 57.0 Å². The summed E-state index contributed by atoms with van der Waals surface area (Å²) in [4.78, 5) is 2.63. The number of piperidine rings is 1. The van der Waals surface area contributed by atoms with Crippen LogP contribution in [0.25, 0.3) is 0 Å². The monoisotopic (exact) mass is 276 g/mol. The molecule has 0 spiro atoms. The Morgan fingerprint density at radius 2 is 1.95 bits per heavy atom. The van der Waals surface area contributed by atoms with Gasteiger partial charge < -0.3 is 10.1 Å². The highest BCUT2D eigenvalue weighted by Gasteiger charge is 2.30. The van der Waals surface area contributed by atoms with Gasteiger partial charge in [0.25, 0.3) is 0 Å². The third-order valence-corrected chi connectivity index (χ3v) is 4.92. The van der Waals surface area contributed by atoms with Crippen LogP contribution in [0.4, 0.5) is 0 Å². The van der Waals surface area contributed by atoms with E-state index in [2.05, 4.69) is 55.4 Å². The lowest BCUT2D eigenvalue weighted by molar-refractivity contribution is 0.0889. The van der Waals surface area contributed by atoms with Gasteiger partial charge in [-0.2, -0.15) is 0 Å². The smallest absolute Gasteiger partial charge is 0.118 e. The van der Waals surface area contributed by atoms with Crippen molar-refractivity contribution in [3.8, 4) is 5.75 Å². The van der Waals surface area contributed by atoms with Gasteiger partial charge in [-0.3, -0.25) is 4.90 Å². The quantitative estimate of drug-likeness (QED) is 0.894. The van der Waals surface area contributed by atoms with Crippen LogP contribution in [0, 0.1) is 5.92 Å². The summed E-state index contributed by atoms with van der Waals surface area (Å²) in [7, 11) is 3.80. The van der Waals surface area contributed by atoms with Gasteiger partial charge in [0.15, 0.2) is 0 Å². The molecule has 0 bridgehead atoms. The van der Waals surface area contributed by atoms with Gasteiger partial charge >= 0.3 is 0 Å². The van der Waals surface area contributed by atoms with Gasteiger partial charge in [0.2, 0.25) is 0 Å². The third kappa shape index (κ3) is 3.53. The predicted octanol–water partition coefficient (Wildman–Crippen LogP) is 2.56. The standard InChI is InChI=1S/C17H28N2O/c1-13-14(2)19(12-10-17(13)18-3)11-9-15-5-7-16(20-4)8-6-15/h5-8,13-14,17-18H,9-12H2,1-4H3. The lowest BCUT2D eigenvalue weighted by atomic mass is 9.87. The molecule has 0 radical (unpaired) electrons. The second-order valence-corrected chi connectivity index (χ2v) is 5.92. The van der Waals surface area contributed by atoms with Crippen LogP contribution in [0.2, 0.25) is 0 Å². The molecule has 0 amide bonds. The van der Waals surface area contributed by atoms with Gasteiger partial charge in [0.1, 0.15) is 5.75 Å². The second kappa shape index (κ2) is 7.09. The maximum Gasteiger partial charge on any atom is 0.118 e. The molecule has 1 aliphatic heterocycles. The Bertz CT molecular complexity index is 404. The number of nitrogens with one attached hydrogen (secondary N) is 1. The Morgan fingerprint density at radius 3 is 2.55 bits per heavy atom. The van der Waals surface area contributed by atoms with Crippen LogP contribution in [0.5, 0.6) is 5.75 Å². The first-order valence-electron chi connectivity index (χ1n) is 7.70. The lowest BCUT2D eigenvalue weighted by Gasteiger charge is -2.42. The largest absolute Gasteiger partial charge is 0.497 e. The fraction of sp³-hybridized carbons (Fsp3) is 0.647. The minimum atomic E-state index is 0.652. The normalized spacial score (nSPS) is 27.5. The molecular weight excluding hydrogens is 248 g/mol. The highest BCUT2D eigenvalue weighted by molar-refractivity contribution is 5.27. The molecule has 1 aromatic rings. The molecule has 3 nitrogen and oxygen atoms in total. The minimum absolute atomic E-state index is 0.652. The van der Waals surface area contributed by atoms with Crippen molar-refractivity contribution in [2.24, 2.45) is 5.92 Å². The Labute approximate surface area is 123 Å². The average Bonchev–Trinajstić information content (AvgIpc) is 2.49. The topological polar surface area (TPSA) is 24.5 Å². The molecule has 1 fully saturated rings. The van der Waals surface area contributed by atoms with Crippen LogP contribution < -0.4 is 10.1 Å². The Kier molecular flexibility index (Phi) is 5.44. The summed E-state index contributed by atoms with van der Waals surface area (Å²) in [6.45, 7) is 7.08. The lowest BCUT2D eigenvalue weighted by Crippen LogP contribution is -2.53. The summed E-state index contributed by atoms with van der Waals surface area (Å²) < 4.78 is 5.20. The molecule has 0 saturated carbocycles. The molecule has 3 heteroatoms. The van der Waals surface area contributed by atoms with Crippen molar-refractivity contribution in [3.05, 3.63) is 29.8 Å². The number of hydrogen-bond donors (Lipinski definition) is 1. The highest BCUT2D eigenvalue weighted by Crippen LogP contribution is 2.23. The minimum Gasteiger partial charge on any atom is -0.497 e. The molecule has 3 atom stereocenters. The van der Waals surface area contributed by atoms with E-state index in [0.717, 1.165) is 18.7 Å². The van der Waals surface area contributed by atoms with Gasteiger partial charge in [0, 0.05) is 18.6 Å². The molecule has 1 N–H and O–H groups in total. The van der Waals surface area contributed by atoms with Crippen LogP contribution in [0.15, 0.2) is 24.3 Å². The molecule has 1 saturated heterocycles. The van der Waals surface area contributed by atoms with E-state index in [9.17, 15) is 0 Å². The first kappa shape index (κ1) is 15.3. The molecule has 3 unspecified atom stereocenters. The van der Waals surface area contributed by atoms with Gasteiger partial charge in [-0.15, -0.1) is 0 Å². The molecule has 0 aliphatic carbocycles. The van der Waals surface area contributed by atoms with Crippen molar-refractivity contribution in [1.29, 1.82) is 0 Å². The Morgan fingerprint density at radius 1 is 1.25 bits per heavy atom.